The van der Waals surface area contributed by atoms with Crippen molar-refractivity contribution in [2.75, 3.05) is 98.2 Å². The van der Waals surface area contributed by atoms with Gasteiger partial charge in [-0.3, -0.25) is 24.5 Å². The van der Waals surface area contributed by atoms with Gasteiger partial charge in [0.25, 0.3) is 0 Å². The summed E-state index contributed by atoms with van der Waals surface area (Å²) < 4.78 is 0. The molecule has 0 aromatic rings. The zero-order valence-electron chi connectivity index (χ0n) is 58.1. The minimum absolute atomic E-state index is 0.334. The minimum Gasteiger partial charge on any atom is -0.392 e. The van der Waals surface area contributed by atoms with Crippen LogP contribution >= 0.6 is 0 Å². The summed E-state index contributed by atoms with van der Waals surface area (Å²) in [6.07, 6.45) is 41.5. The van der Waals surface area contributed by atoms with E-state index in [-0.39, 0.29) is 12.2 Å². The first-order chi connectivity index (χ1) is 44.1. The van der Waals surface area contributed by atoms with Gasteiger partial charge >= 0.3 is 0 Å². The van der Waals surface area contributed by atoms with Crippen molar-refractivity contribution in [3.63, 3.8) is 0 Å². The van der Waals surface area contributed by atoms with Crippen molar-refractivity contribution in [1.82, 2.24) is 24.5 Å². The summed E-state index contributed by atoms with van der Waals surface area (Å²) in [6.45, 7) is 21.7. The van der Waals surface area contributed by atoms with Crippen LogP contribution < -0.4 is 0 Å². The fraction of sp³-hybridized carbons (Fsp3) is 0.775. The SMILES string of the molecule is CC#CC#CC#CC#CC#CC#CC#CC#CC#CC(O)CN(CCN1CCN(CCN(CC(O)CCCCCCCCCC)CC(O)CCCCCCCCCC)CC1)CCN(CC(O)CCCCCCCCCC)CC(O)CCCCCCCCCCC. The molecular formula is C80H129N5O5. The topological polar surface area (TPSA) is 117 Å². The van der Waals surface area contributed by atoms with E-state index in [4.69, 9.17) is 0 Å². The minimum atomic E-state index is -0.944. The highest BCUT2D eigenvalue weighted by molar-refractivity contribution is 5.46. The van der Waals surface area contributed by atoms with Gasteiger partial charge in [-0.15, -0.1) is 0 Å². The third kappa shape index (κ3) is 56.4. The quantitative estimate of drug-likeness (QED) is 0.0298. The summed E-state index contributed by atoms with van der Waals surface area (Å²) in [5.74, 6) is 47.7. The number of aliphatic hydroxyl groups excluding tert-OH is 5. The largest absolute Gasteiger partial charge is 0.392 e. The van der Waals surface area contributed by atoms with Crippen LogP contribution in [0.1, 0.15) is 272 Å². The van der Waals surface area contributed by atoms with Crippen molar-refractivity contribution in [3.8, 4) is 107 Å². The summed E-state index contributed by atoms with van der Waals surface area (Å²) in [6, 6.07) is 0. The van der Waals surface area contributed by atoms with E-state index in [1.807, 2.05) is 0 Å². The van der Waals surface area contributed by atoms with E-state index < -0.39 is 18.3 Å². The van der Waals surface area contributed by atoms with Gasteiger partial charge < -0.3 is 25.5 Å². The van der Waals surface area contributed by atoms with E-state index in [1.165, 1.54) is 173 Å². The lowest BCUT2D eigenvalue weighted by atomic mass is 10.0. The number of hydrogen-bond donors (Lipinski definition) is 5. The molecule has 0 radical (unpaired) electrons. The van der Waals surface area contributed by atoms with Crippen LogP contribution in [0.5, 0.6) is 0 Å². The molecule has 0 saturated carbocycles. The molecule has 1 aliphatic heterocycles. The molecule has 0 bridgehead atoms. The summed E-state index contributed by atoms with van der Waals surface area (Å²) in [5.41, 5.74) is 0. The fourth-order valence-electron chi connectivity index (χ4n) is 11.6. The Balaban J connectivity index is 3.15. The van der Waals surface area contributed by atoms with E-state index >= 15 is 0 Å². The second-order valence-electron chi connectivity index (χ2n) is 25.4. The van der Waals surface area contributed by atoms with Crippen molar-refractivity contribution in [1.29, 1.82) is 0 Å². The molecule has 5 atom stereocenters. The van der Waals surface area contributed by atoms with Crippen LogP contribution in [-0.4, -0.2) is 179 Å². The number of rotatable bonds is 56. The van der Waals surface area contributed by atoms with Crippen LogP contribution in [0.3, 0.4) is 0 Å². The van der Waals surface area contributed by atoms with Crippen molar-refractivity contribution < 1.29 is 25.5 Å². The van der Waals surface area contributed by atoms with Gasteiger partial charge in [-0.2, -0.15) is 0 Å². The zero-order chi connectivity index (χ0) is 65.3. The average molecular weight is 1240 g/mol. The van der Waals surface area contributed by atoms with Crippen molar-refractivity contribution in [2.45, 2.75) is 303 Å². The van der Waals surface area contributed by atoms with E-state index in [9.17, 15) is 25.5 Å². The standard InChI is InChI=1S/C80H129N5O5/c1-6-11-16-21-26-31-32-33-34-35-36-37-38-40-45-49-51-56-76(86)71-83(68-70-85(74-79(89)59-54-48-43-30-25-20-15-10-5)75-80(90)60-55-50-44-39-27-22-17-12-7-2)67-65-81-61-63-82(64-62-81)66-69-84(72-77(87)57-52-46-41-28-23-18-13-8-3)73-78(88)58-53-47-42-29-24-19-14-9-4/h76-80,86-90H,7-10,12-15,17-20,22-25,27-30,39,41-44,46-48,50,52-55,57-75H2,1-5H3. The van der Waals surface area contributed by atoms with Crippen LogP contribution in [0.15, 0.2) is 0 Å². The van der Waals surface area contributed by atoms with Crippen LogP contribution in [0.4, 0.5) is 0 Å². The molecule has 5 unspecified atom stereocenters. The molecule has 0 aromatic heterocycles. The third-order valence-electron chi connectivity index (χ3n) is 17.1. The molecule has 1 fully saturated rings. The van der Waals surface area contributed by atoms with Crippen molar-refractivity contribution in [2.24, 2.45) is 0 Å². The molecule has 504 valence electrons. The molecule has 1 rings (SSSR count). The molecule has 5 N–H and O–H groups in total. The maximum absolute atomic E-state index is 11.5. The van der Waals surface area contributed by atoms with E-state index in [2.05, 4.69) is 159 Å². The van der Waals surface area contributed by atoms with Crippen LogP contribution in [0.25, 0.3) is 0 Å². The first kappa shape index (κ1) is 83.7. The maximum Gasteiger partial charge on any atom is 0.128 e. The molecule has 1 saturated heterocycles. The molecule has 0 aromatic carbocycles. The lowest BCUT2D eigenvalue weighted by Gasteiger charge is -2.37. The lowest BCUT2D eigenvalue weighted by molar-refractivity contribution is 0.0455. The van der Waals surface area contributed by atoms with Crippen molar-refractivity contribution in [3.05, 3.63) is 0 Å². The summed E-state index contributed by atoms with van der Waals surface area (Å²) in [4.78, 5) is 11.9. The maximum atomic E-state index is 11.5. The van der Waals surface area contributed by atoms with E-state index in [1.54, 1.807) is 6.92 Å². The number of piperazine rings is 1. The number of unbranched alkanes of at least 4 members (excludes halogenated alkanes) is 29. The van der Waals surface area contributed by atoms with Gasteiger partial charge in [0.1, 0.15) is 6.10 Å². The molecule has 1 aliphatic rings. The molecule has 0 aliphatic carbocycles. The second-order valence-corrected chi connectivity index (χ2v) is 25.4. The van der Waals surface area contributed by atoms with Gasteiger partial charge in [0, 0.05) is 98.2 Å². The van der Waals surface area contributed by atoms with Crippen LogP contribution in [0, 0.1) is 107 Å². The molecule has 1 heterocycles. The Bertz CT molecular complexity index is 2290. The van der Waals surface area contributed by atoms with Gasteiger partial charge in [0.15, 0.2) is 0 Å². The molecule has 0 spiro atoms. The normalized spacial score (nSPS) is 13.7. The molecular weight excluding hydrogens is 1110 g/mol. The van der Waals surface area contributed by atoms with Crippen LogP contribution in [-0.2, 0) is 0 Å². The average Bonchev–Trinajstić information content (AvgIpc) is 3.71. The van der Waals surface area contributed by atoms with Gasteiger partial charge in [-0.1, -0.05) is 251 Å². The Kier molecular flexibility index (Phi) is 60.2. The smallest absolute Gasteiger partial charge is 0.128 e. The Labute approximate surface area is 554 Å². The summed E-state index contributed by atoms with van der Waals surface area (Å²) >= 11 is 0. The molecule has 10 heteroatoms. The number of nitrogens with zero attached hydrogens (tertiary/aromatic N) is 5. The predicted octanol–water partition coefficient (Wildman–Crippen LogP) is 12.9. The summed E-state index contributed by atoms with van der Waals surface area (Å²) in [5, 5.41) is 56.8. The highest BCUT2D eigenvalue weighted by Crippen LogP contribution is 2.17. The fourth-order valence-corrected chi connectivity index (χ4v) is 11.6. The first-order valence-electron chi connectivity index (χ1n) is 36.6. The Morgan fingerprint density at radius 1 is 0.278 bits per heavy atom. The van der Waals surface area contributed by atoms with Crippen molar-refractivity contribution >= 4 is 0 Å². The molecule has 0 amide bonds. The first-order valence-corrected chi connectivity index (χ1v) is 36.6. The van der Waals surface area contributed by atoms with Gasteiger partial charge in [0.2, 0.25) is 0 Å². The number of aliphatic hydroxyl groups is 5. The van der Waals surface area contributed by atoms with Gasteiger partial charge in [-0.05, 0) is 127 Å². The highest BCUT2D eigenvalue weighted by atomic mass is 16.3. The Hall–Kier alpha value is -4.36. The predicted molar refractivity (Wildman–Crippen MR) is 381 cm³/mol. The molecule has 90 heavy (non-hydrogen) atoms. The number of hydrogen-bond acceptors (Lipinski definition) is 10. The lowest BCUT2D eigenvalue weighted by Crippen LogP contribution is -2.51. The molecule has 10 nitrogen and oxygen atoms in total. The van der Waals surface area contributed by atoms with Gasteiger partial charge in [-0.25, -0.2) is 0 Å². The second kappa shape index (κ2) is 64.7. The zero-order valence-corrected chi connectivity index (χ0v) is 58.1. The Morgan fingerprint density at radius 2 is 0.511 bits per heavy atom. The van der Waals surface area contributed by atoms with E-state index in [0.29, 0.717) is 45.8 Å². The monoisotopic (exact) mass is 1240 g/mol. The highest BCUT2D eigenvalue weighted by Gasteiger charge is 2.23. The van der Waals surface area contributed by atoms with E-state index in [0.717, 1.165) is 117 Å². The third-order valence-corrected chi connectivity index (χ3v) is 17.1. The Morgan fingerprint density at radius 3 is 0.800 bits per heavy atom. The van der Waals surface area contributed by atoms with Crippen LogP contribution in [0.2, 0.25) is 0 Å². The summed E-state index contributed by atoms with van der Waals surface area (Å²) in [7, 11) is 0. The van der Waals surface area contributed by atoms with Gasteiger partial charge in [0.05, 0.1) is 24.4 Å².